The van der Waals surface area contributed by atoms with Gasteiger partial charge in [0.2, 0.25) is 6.79 Å². The number of aliphatic hydroxyl groups excluding tert-OH is 1. The van der Waals surface area contributed by atoms with Crippen LogP contribution in [0.3, 0.4) is 0 Å². The summed E-state index contributed by atoms with van der Waals surface area (Å²) in [4.78, 5) is 17.1. The van der Waals surface area contributed by atoms with Gasteiger partial charge in [0.05, 0.1) is 23.6 Å². The molecule has 4 rings (SSSR count). The summed E-state index contributed by atoms with van der Waals surface area (Å²) in [6.45, 7) is 2.07. The highest BCUT2D eigenvalue weighted by Gasteiger charge is 2.18. The molecule has 1 aliphatic heterocycles. The fourth-order valence-electron chi connectivity index (χ4n) is 2.89. The van der Waals surface area contributed by atoms with E-state index >= 15 is 0 Å². The summed E-state index contributed by atoms with van der Waals surface area (Å²) < 4.78 is 12.1. The van der Waals surface area contributed by atoms with Crippen LogP contribution >= 0.6 is 0 Å². The van der Waals surface area contributed by atoms with Crippen LogP contribution < -0.4 is 15.0 Å². The van der Waals surface area contributed by atoms with E-state index in [2.05, 4.69) is 4.98 Å². The predicted octanol–water partition coefficient (Wildman–Crippen LogP) is 2.17. The maximum atomic E-state index is 12.7. The molecule has 24 heavy (non-hydrogen) atoms. The zero-order valence-corrected chi connectivity index (χ0v) is 13.1. The van der Waals surface area contributed by atoms with E-state index in [1.165, 1.54) is 4.57 Å². The van der Waals surface area contributed by atoms with Crippen LogP contribution in [0.5, 0.6) is 11.5 Å². The third-order valence-corrected chi connectivity index (χ3v) is 4.19. The predicted molar refractivity (Wildman–Crippen MR) is 88.3 cm³/mol. The molecule has 0 fully saturated rings. The molecule has 2 aromatic carbocycles. The molecule has 0 aliphatic carbocycles. The van der Waals surface area contributed by atoms with Gasteiger partial charge in [0, 0.05) is 0 Å². The quantitative estimate of drug-likeness (QED) is 0.799. The third-order valence-electron chi connectivity index (χ3n) is 4.19. The number of ether oxygens (including phenoxy) is 2. The number of benzene rings is 2. The number of nitrogens with zero attached hydrogens (tertiary/aromatic N) is 2. The Morgan fingerprint density at radius 3 is 2.88 bits per heavy atom. The maximum absolute atomic E-state index is 12.7. The van der Waals surface area contributed by atoms with Crippen LogP contribution in [0.15, 0.2) is 47.3 Å². The van der Waals surface area contributed by atoms with Gasteiger partial charge in [-0.3, -0.25) is 9.36 Å². The molecule has 0 spiro atoms. The van der Waals surface area contributed by atoms with Crippen molar-refractivity contribution in [1.29, 1.82) is 0 Å². The molecule has 1 aromatic heterocycles. The summed E-state index contributed by atoms with van der Waals surface area (Å²) >= 11 is 0. The van der Waals surface area contributed by atoms with E-state index in [9.17, 15) is 9.90 Å². The number of para-hydroxylation sites is 1. The van der Waals surface area contributed by atoms with Crippen LogP contribution in [0.4, 0.5) is 0 Å². The number of aryl methyl sites for hydroxylation is 1. The zero-order valence-electron chi connectivity index (χ0n) is 13.1. The summed E-state index contributed by atoms with van der Waals surface area (Å²) in [6, 6.07) is 12.5. The van der Waals surface area contributed by atoms with Crippen LogP contribution in [-0.2, 0) is 6.54 Å². The third kappa shape index (κ3) is 2.41. The highest BCUT2D eigenvalue weighted by molar-refractivity contribution is 5.77. The van der Waals surface area contributed by atoms with E-state index < -0.39 is 6.10 Å². The second-order valence-electron chi connectivity index (χ2n) is 5.72. The monoisotopic (exact) mass is 324 g/mol. The Labute approximate surface area is 137 Å². The van der Waals surface area contributed by atoms with Crippen molar-refractivity contribution in [1.82, 2.24) is 9.55 Å². The lowest BCUT2D eigenvalue weighted by molar-refractivity contribution is 0.153. The van der Waals surface area contributed by atoms with Crippen LogP contribution in [0.2, 0.25) is 0 Å². The fraction of sp³-hybridized carbons (Fsp3) is 0.222. The van der Waals surface area contributed by atoms with Crippen molar-refractivity contribution in [3.8, 4) is 11.5 Å². The molecular formula is C18H16N2O4. The van der Waals surface area contributed by atoms with Gasteiger partial charge in [-0.1, -0.05) is 18.2 Å². The molecule has 0 radical (unpaired) electrons. The van der Waals surface area contributed by atoms with E-state index in [0.29, 0.717) is 33.8 Å². The average molecular weight is 324 g/mol. The van der Waals surface area contributed by atoms with Crippen LogP contribution in [0.1, 0.15) is 17.5 Å². The van der Waals surface area contributed by atoms with Gasteiger partial charge >= 0.3 is 0 Å². The van der Waals surface area contributed by atoms with Crippen molar-refractivity contribution < 1.29 is 14.6 Å². The molecule has 1 aliphatic rings. The van der Waals surface area contributed by atoms with Crippen LogP contribution in [-0.4, -0.2) is 21.5 Å². The van der Waals surface area contributed by atoms with Gasteiger partial charge in [0.1, 0.15) is 5.82 Å². The molecule has 0 amide bonds. The van der Waals surface area contributed by atoms with Crippen molar-refractivity contribution >= 4 is 10.9 Å². The number of hydrogen-bond acceptors (Lipinski definition) is 5. The van der Waals surface area contributed by atoms with Gasteiger partial charge in [-0.2, -0.15) is 0 Å². The first kappa shape index (κ1) is 14.7. The van der Waals surface area contributed by atoms with Gasteiger partial charge in [-0.05, 0) is 36.8 Å². The van der Waals surface area contributed by atoms with Crippen molar-refractivity contribution in [2.75, 3.05) is 6.79 Å². The number of aromatic nitrogens is 2. The summed E-state index contributed by atoms with van der Waals surface area (Å²) in [5.74, 6) is 1.83. The van der Waals surface area contributed by atoms with Crippen molar-refractivity contribution in [3.05, 3.63) is 64.2 Å². The lowest BCUT2D eigenvalue weighted by atomic mass is 10.1. The van der Waals surface area contributed by atoms with E-state index in [4.69, 9.17) is 9.47 Å². The van der Waals surface area contributed by atoms with Crippen LogP contribution in [0, 0.1) is 6.92 Å². The van der Waals surface area contributed by atoms with Gasteiger partial charge in [-0.15, -0.1) is 0 Å². The Hall–Kier alpha value is -2.86. The Kier molecular flexibility index (Phi) is 3.46. The normalized spacial score (nSPS) is 14.1. The van der Waals surface area contributed by atoms with Crippen LogP contribution in [0.25, 0.3) is 10.9 Å². The summed E-state index contributed by atoms with van der Waals surface area (Å²) in [7, 11) is 0. The summed E-state index contributed by atoms with van der Waals surface area (Å²) in [6.07, 6.45) is -0.848. The number of rotatable bonds is 3. The van der Waals surface area contributed by atoms with E-state index in [1.54, 1.807) is 37.3 Å². The minimum absolute atomic E-state index is 0.127. The second kappa shape index (κ2) is 5.65. The summed E-state index contributed by atoms with van der Waals surface area (Å²) in [5.41, 5.74) is 1.17. The topological polar surface area (TPSA) is 73.6 Å². The molecule has 0 unspecified atom stereocenters. The number of hydrogen-bond donors (Lipinski definition) is 1. The van der Waals surface area contributed by atoms with E-state index in [0.717, 1.165) is 0 Å². The van der Waals surface area contributed by atoms with Gasteiger partial charge in [0.15, 0.2) is 11.5 Å². The van der Waals surface area contributed by atoms with E-state index in [1.807, 2.05) is 12.1 Å². The molecule has 0 saturated heterocycles. The molecule has 122 valence electrons. The molecule has 1 atom stereocenters. The standard InChI is InChI=1S/C18H16N2O4/c1-11-19-14-5-3-2-4-13(14)18(22)20(11)9-15(21)12-6-7-16-17(8-12)24-10-23-16/h2-8,15,21H,9-10H2,1H3/t15-/m1/s1. The largest absolute Gasteiger partial charge is 0.454 e. The van der Waals surface area contributed by atoms with Gasteiger partial charge in [0.25, 0.3) is 5.56 Å². The van der Waals surface area contributed by atoms with Gasteiger partial charge in [-0.25, -0.2) is 4.98 Å². The molecule has 3 aromatic rings. The molecule has 0 bridgehead atoms. The molecular weight excluding hydrogens is 308 g/mol. The maximum Gasteiger partial charge on any atom is 0.261 e. The molecule has 0 saturated carbocycles. The Bertz CT molecular complexity index is 980. The number of aliphatic hydroxyl groups is 1. The Balaban J connectivity index is 1.70. The molecule has 2 heterocycles. The minimum Gasteiger partial charge on any atom is -0.454 e. The first-order valence-electron chi connectivity index (χ1n) is 7.67. The highest BCUT2D eigenvalue weighted by Crippen LogP contribution is 2.34. The smallest absolute Gasteiger partial charge is 0.261 e. The Morgan fingerprint density at radius 2 is 2.00 bits per heavy atom. The second-order valence-corrected chi connectivity index (χ2v) is 5.72. The summed E-state index contributed by atoms with van der Waals surface area (Å²) in [5, 5.41) is 11.1. The first-order valence-corrected chi connectivity index (χ1v) is 7.67. The lowest BCUT2D eigenvalue weighted by Crippen LogP contribution is -2.26. The van der Waals surface area contributed by atoms with E-state index in [-0.39, 0.29) is 18.9 Å². The average Bonchev–Trinajstić information content (AvgIpc) is 3.06. The van der Waals surface area contributed by atoms with Crippen molar-refractivity contribution in [2.24, 2.45) is 0 Å². The first-order chi connectivity index (χ1) is 11.6. The Morgan fingerprint density at radius 1 is 1.21 bits per heavy atom. The fourth-order valence-corrected chi connectivity index (χ4v) is 2.89. The lowest BCUT2D eigenvalue weighted by Gasteiger charge is -2.16. The highest BCUT2D eigenvalue weighted by atomic mass is 16.7. The SMILES string of the molecule is Cc1nc2ccccc2c(=O)n1C[C@@H](O)c1ccc2c(c1)OCO2. The van der Waals surface area contributed by atoms with Crippen molar-refractivity contribution in [3.63, 3.8) is 0 Å². The molecule has 1 N–H and O–H groups in total. The molecule has 6 heteroatoms. The number of fused-ring (bicyclic) bond motifs is 2. The zero-order chi connectivity index (χ0) is 16.7. The minimum atomic E-state index is -0.848. The van der Waals surface area contributed by atoms with Crippen molar-refractivity contribution in [2.45, 2.75) is 19.6 Å². The molecule has 6 nitrogen and oxygen atoms in total. The van der Waals surface area contributed by atoms with Gasteiger partial charge < -0.3 is 14.6 Å².